The molecule has 0 spiro atoms. The summed E-state index contributed by atoms with van der Waals surface area (Å²) in [5.74, 6) is -0.0916. The SMILES string of the molecule is Cc1cccc(CS(=O)(=O)N2CCN(c3nnc(C(F)(F)F)s3)CC2)c1. The summed E-state index contributed by atoms with van der Waals surface area (Å²) >= 11 is 0.470. The largest absolute Gasteiger partial charge is 0.445 e. The molecule has 2 heterocycles. The highest BCUT2D eigenvalue weighted by Crippen LogP contribution is 2.34. The predicted molar refractivity (Wildman–Crippen MR) is 92.5 cm³/mol. The van der Waals surface area contributed by atoms with Gasteiger partial charge in [-0.15, -0.1) is 10.2 Å². The summed E-state index contributed by atoms with van der Waals surface area (Å²) in [4.78, 5) is 1.63. The highest BCUT2D eigenvalue weighted by Gasteiger charge is 2.37. The molecule has 1 aromatic carbocycles. The van der Waals surface area contributed by atoms with Gasteiger partial charge in [0.1, 0.15) is 0 Å². The van der Waals surface area contributed by atoms with Gasteiger partial charge in [-0.25, -0.2) is 8.42 Å². The molecule has 26 heavy (non-hydrogen) atoms. The molecule has 2 aromatic rings. The van der Waals surface area contributed by atoms with Crippen LogP contribution in [0.25, 0.3) is 0 Å². The first kappa shape index (κ1) is 19.1. The molecule has 0 N–H and O–H groups in total. The Bertz CT molecular complexity index is 875. The quantitative estimate of drug-likeness (QED) is 0.781. The minimum absolute atomic E-state index is 0.0916. The van der Waals surface area contributed by atoms with Crippen molar-refractivity contribution >= 4 is 26.5 Å². The molecule has 0 aliphatic carbocycles. The van der Waals surface area contributed by atoms with E-state index in [4.69, 9.17) is 0 Å². The van der Waals surface area contributed by atoms with Gasteiger partial charge in [-0.3, -0.25) is 0 Å². The Kier molecular flexibility index (Phi) is 5.22. The predicted octanol–water partition coefficient (Wildman–Crippen LogP) is 2.52. The molecular formula is C15H17F3N4O2S2. The number of piperazine rings is 1. The first-order valence-electron chi connectivity index (χ1n) is 7.84. The molecule has 0 bridgehead atoms. The fourth-order valence-corrected chi connectivity index (χ4v) is 4.99. The molecular weight excluding hydrogens is 389 g/mol. The third kappa shape index (κ3) is 4.33. The van der Waals surface area contributed by atoms with Crippen LogP contribution in [0.3, 0.4) is 0 Å². The van der Waals surface area contributed by atoms with E-state index in [1.54, 1.807) is 11.0 Å². The number of aromatic nitrogens is 2. The topological polar surface area (TPSA) is 66.4 Å². The molecule has 0 amide bonds. The number of hydrogen-bond donors (Lipinski definition) is 0. The third-order valence-corrected chi connectivity index (χ3v) is 6.87. The Morgan fingerprint density at radius 2 is 1.85 bits per heavy atom. The lowest BCUT2D eigenvalue weighted by Gasteiger charge is -2.33. The van der Waals surface area contributed by atoms with Crippen molar-refractivity contribution in [3.63, 3.8) is 0 Å². The monoisotopic (exact) mass is 406 g/mol. The molecule has 142 valence electrons. The van der Waals surface area contributed by atoms with Crippen LogP contribution < -0.4 is 4.90 Å². The number of halogens is 3. The fourth-order valence-electron chi connectivity index (χ4n) is 2.72. The van der Waals surface area contributed by atoms with Crippen LogP contribution in [0.1, 0.15) is 16.1 Å². The molecule has 0 atom stereocenters. The highest BCUT2D eigenvalue weighted by atomic mass is 32.2. The van der Waals surface area contributed by atoms with Crippen molar-refractivity contribution in [2.75, 3.05) is 31.1 Å². The maximum Gasteiger partial charge on any atom is 0.445 e. The lowest BCUT2D eigenvalue weighted by atomic mass is 10.2. The number of benzene rings is 1. The summed E-state index contributed by atoms with van der Waals surface area (Å²) in [6, 6.07) is 7.30. The lowest BCUT2D eigenvalue weighted by Crippen LogP contribution is -2.49. The van der Waals surface area contributed by atoms with Crippen LogP contribution >= 0.6 is 11.3 Å². The van der Waals surface area contributed by atoms with E-state index in [2.05, 4.69) is 10.2 Å². The van der Waals surface area contributed by atoms with Crippen molar-refractivity contribution in [2.45, 2.75) is 18.9 Å². The smallest absolute Gasteiger partial charge is 0.344 e. The average molecular weight is 406 g/mol. The van der Waals surface area contributed by atoms with Gasteiger partial charge in [0.25, 0.3) is 0 Å². The number of alkyl halides is 3. The van der Waals surface area contributed by atoms with Gasteiger partial charge < -0.3 is 4.90 Å². The Balaban J connectivity index is 1.63. The second kappa shape index (κ2) is 7.12. The van der Waals surface area contributed by atoms with Crippen molar-refractivity contribution in [3.8, 4) is 0 Å². The zero-order valence-corrected chi connectivity index (χ0v) is 15.5. The van der Waals surface area contributed by atoms with Gasteiger partial charge in [0.2, 0.25) is 20.2 Å². The van der Waals surface area contributed by atoms with Gasteiger partial charge in [-0.05, 0) is 12.5 Å². The second-order valence-electron chi connectivity index (χ2n) is 6.02. The maximum atomic E-state index is 12.6. The van der Waals surface area contributed by atoms with Gasteiger partial charge in [0.05, 0.1) is 5.75 Å². The maximum absolute atomic E-state index is 12.6. The van der Waals surface area contributed by atoms with E-state index >= 15 is 0 Å². The Morgan fingerprint density at radius 1 is 1.15 bits per heavy atom. The van der Waals surface area contributed by atoms with E-state index in [0.29, 0.717) is 16.9 Å². The normalized spacial score (nSPS) is 16.8. The Hall–Kier alpha value is -1.72. The molecule has 0 saturated carbocycles. The molecule has 1 aromatic heterocycles. The van der Waals surface area contributed by atoms with Gasteiger partial charge in [-0.1, -0.05) is 41.2 Å². The lowest BCUT2D eigenvalue weighted by molar-refractivity contribution is -0.138. The van der Waals surface area contributed by atoms with E-state index in [-0.39, 0.29) is 37.1 Å². The number of anilines is 1. The van der Waals surface area contributed by atoms with Crippen LogP contribution in [-0.4, -0.2) is 49.1 Å². The molecule has 1 aliphatic heterocycles. The average Bonchev–Trinajstić information content (AvgIpc) is 3.05. The summed E-state index contributed by atoms with van der Waals surface area (Å²) in [6.45, 7) is 2.86. The van der Waals surface area contributed by atoms with Crippen molar-refractivity contribution < 1.29 is 21.6 Å². The first-order valence-corrected chi connectivity index (χ1v) is 10.3. The van der Waals surface area contributed by atoms with Crippen LogP contribution in [0.5, 0.6) is 0 Å². The van der Waals surface area contributed by atoms with E-state index in [9.17, 15) is 21.6 Å². The van der Waals surface area contributed by atoms with Gasteiger partial charge in [0, 0.05) is 26.2 Å². The molecule has 0 unspecified atom stereocenters. The summed E-state index contributed by atoms with van der Waals surface area (Å²) in [7, 11) is -3.48. The molecule has 1 aliphatic rings. The van der Waals surface area contributed by atoms with E-state index in [0.717, 1.165) is 5.56 Å². The third-order valence-electron chi connectivity index (χ3n) is 3.99. The van der Waals surface area contributed by atoms with Crippen LogP contribution in [0.15, 0.2) is 24.3 Å². The Labute approximate surface area is 153 Å². The van der Waals surface area contributed by atoms with E-state index in [1.165, 1.54) is 4.31 Å². The minimum Gasteiger partial charge on any atom is -0.344 e. The molecule has 3 rings (SSSR count). The van der Waals surface area contributed by atoms with Crippen molar-refractivity contribution in [2.24, 2.45) is 0 Å². The zero-order valence-electron chi connectivity index (χ0n) is 13.9. The number of rotatable bonds is 4. The second-order valence-corrected chi connectivity index (χ2v) is 8.94. The first-order chi connectivity index (χ1) is 12.1. The molecule has 11 heteroatoms. The fraction of sp³-hybridized carbons (Fsp3) is 0.467. The number of aryl methyl sites for hydroxylation is 1. The number of nitrogens with zero attached hydrogens (tertiary/aromatic N) is 4. The van der Waals surface area contributed by atoms with Gasteiger partial charge in [-0.2, -0.15) is 17.5 Å². The molecule has 1 saturated heterocycles. The highest BCUT2D eigenvalue weighted by molar-refractivity contribution is 7.88. The molecule has 6 nitrogen and oxygen atoms in total. The molecule has 0 radical (unpaired) electrons. The van der Waals surface area contributed by atoms with Gasteiger partial charge >= 0.3 is 6.18 Å². The van der Waals surface area contributed by atoms with Crippen LogP contribution in [0.2, 0.25) is 0 Å². The number of hydrogen-bond acceptors (Lipinski definition) is 6. The summed E-state index contributed by atoms with van der Waals surface area (Å²) in [5, 5.41) is 5.90. The van der Waals surface area contributed by atoms with E-state index < -0.39 is 21.2 Å². The minimum atomic E-state index is -4.52. The summed E-state index contributed by atoms with van der Waals surface area (Å²) < 4.78 is 64.4. The van der Waals surface area contributed by atoms with Crippen molar-refractivity contribution in [3.05, 3.63) is 40.4 Å². The molecule has 1 fully saturated rings. The van der Waals surface area contributed by atoms with Crippen LogP contribution in [0.4, 0.5) is 18.3 Å². The van der Waals surface area contributed by atoms with Crippen molar-refractivity contribution in [1.82, 2.24) is 14.5 Å². The summed E-state index contributed by atoms with van der Waals surface area (Å²) in [6.07, 6.45) is -4.52. The standard InChI is InChI=1S/C15H17F3N4O2S2/c1-11-3-2-4-12(9-11)10-26(23,24)22-7-5-21(6-8-22)14-20-19-13(25-14)15(16,17)18/h2-4,9H,5-8,10H2,1H3. The van der Waals surface area contributed by atoms with Crippen LogP contribution in [0, 0.1) is 6.92 Å². The van der Waals surface area contributed by atoms with Crippen molar-refractivity contribution in [1.29, 1.82) is 0 Å². The van der Waals surface area contributed by atoms with Gasteiger partial charge in [0.15, 0.2) is 0 Å². The zero-order chi connectivity index (χ0) is 18.9. The number of sulfonamides is 1. The Morgan fingerprint density at radius 3 is 2.42 bits per heavy atom. The van der Waals surface area contributed by atoms with Crippen LogP contribution in [-0.2, 0) is 22.0 Å². The summed E-state index contributed by atoms with van der Waals surface area (Å²) in [5.41, 5.74) is 1.70. The van der Waals surface area contributed by atoms with E-state index in [1.807, 2.05) is 25.1 Å².